The van der Waals surface area contributed by atoms with Gasteiger partial charge in [0.15, 0.2) is 0 Å². The number of ether oxygens (including phenoxy) is 1. The quantitative estimate of drug-likeness (QED) is 0.814. The molecule has 1 aromatic carbocycles. The van der Waals surface area contributed by atoms with Gasteiger partial charge < -0.3 is 10.5 Å². The van der Waals surface area contributed by atoms with E-state index in [4.69, 9.17) is 10.5 Å². The Balaban J connectivity index is 1.79. The fraction of sp³-hybridized carbons (Fsp3) is 0.667. The molecule has 1 heterocycles. The van der Waals surface area contributed by atoms with Crippen molar-refractivity contribution >= 4 is 15.7 Å². The monoisotopic (exact) mass is 352 g/mol. The van der Waals surface area contributed by atoms with Gasteiger partial charge >= 0.3 is 0 Å². The van der Waals surface area contributed by atoms with E-state index in [9.17, 15) is 8.42 Å². The Morgan fingerprint density at radius 1 is 1.25 bits per heavy atom. The molecule has 6 heteroatoms. The molecule has 3 rings (SSSR count). The molecule has 24 heavy (non-hydrogen) atoms. The zero-order chi connectivity index (χ0) is 17.4. The Morgan fingerprint density at radius 3 is 2.67 bits per heavy atom. The second kappa shape index (κ2) is 6.56. The number of fused-ring (bicyclic) bond motifs is 1. The zero-order valence-corrected chi connectivity index (χ0v) is 15.4. The van der Waals surface area contributed by atoms with Crippen LogP contribution in [0.4, 0.5) is 5.69 Å². The van der Waals surface area contributed by atoms with E-state index in [-0.39, 0.29) is 17.7 Å². The van der Waals surface area contributed by atoms with Crippen LogP contribution < -0.4 is 15.2 Å². The highest BCUT2D eigenvalue weighted by Crippen LogP contribution is 2.40. The van der Waals surface area contributed by atoms with Crippen LogP contribution in [0.3, 0.4) is 0 Å². The van der Waals surface area contributed by atoms with Crippen molar-refractivity contribution in [3.05, 3.63) is 23.8 Å². The third-order valence-electron chi connectivity index (χ3n) is 4.99. The maximum atomic E-state index is 12.7. The van der Waals surface area contributed by atoms with E-state index in [1.165, 1.54) is 6.42 Å². The Hall–Kier alpha value is -1.27. The molecule has 0 radical (unpaired) electrons. The number of benzene rings is 1. The highest BCUT2D eigenvalue weighted by atomic mass is 32.2. The summed E-state index contributed by atoms with van der Waals surface area (Å²) in [5, 5.41) is 0. The zero-order valence-electron chi connectivity index (χ0n) is 14.5. The Bertz CT molecular complexity index is 694. The third-order valence-corrected chi connectivity index (χ3v) is 6.55. The lowest BCUT2D eigenvalue weighted by Gasteiger charge is -2.38. The molecule has 1 saturated carbocycles. The number of nitrogens with one attached hydrogen (secondary N) is 1. The first-order valence-electron chi connectivity index (χ1n) is 8.82. The molecule has 1 aliphatic carbocycles. The van der Waals surface area contributed by atoms with Crippen LogP contribution in [-0.4, -0.2) is 19.8 Å². The molecule has 0 spiro atoms. The van der Waals surface area contributed by atoms with Crippen molar-refractivity contribution < 1.29 is 13.2 Å². The van der Waals surface area contributed by atoms with Gasteiger partial charge in [-0.1, -0.05) is 19.3 Å². The average molecular weight is 353 g/mol. The van der Waals surface area contributed by atoms with Crippen LogP contribution in [-0.2, 0) is 10.0 Å². The van der Waals surface area contributed by atoms with Gasteiger partial charge in [-0.05, 0) is 50.8 Å². The van der Waals surface area contributed by atoms with Gasteiger partial charge in [0.05, 0.1) is 11.8 Å². The molecule has 1 aliphatic heterocycles. The van der Waals surface area contributed by atoms with E-state index in [0.717, 1.165) is 31.2 Å². The predicted molar refractivity (Wildman–Crippen MR) is 96.4 cm³/mol. The Kier molecular flexibility index (Phi) is 4.80. The largest absolute Gasteiger partial charge is 0.487 e. The molecular formula is C18H28N2O3S. The van der Waals surface area contributed by atoms with Crippen molar-refractivity contribution in [2.75, 3.05) is 11.5 Å². The first kappa shape index (κ1) is 17.5. The first-order valence-corrected chi connectivity index (χ1v) is 10.5. The summed E-state index contributed by atoms with van der Waals surface area (Å²) in [5.74, 6) is 1.22. The van der Waals surface area contributed by atoms with Gasteiger partial charge in [-0.15, -0.1) is 0 Å². The lowest BCUT2D eigenvalue weighted by Crippen LogP contribution is -2.42. The van der Waals surface area contributed by atoms with Crippen molar-refractivity contribution in [3.63, 3.8) is 0 Å². The summed E-state index contributed by atoms with van der Waals surface area (Å²) >= 11 is 0. The number of hydrogen-bond acceptors (Lipinski definition) is 4. The summed E-state index contributed by atoms with van der Waals surface area (Å²) in [7, 11) is -3.33. The van der Waals surface area contributed by atoms with Gasteiger partial charge in [0, 0.05) is 17.7 Å². The van der Waals surface area contributed by atoms with Crippen molar-refractivity contribution in [1.29, 1.82) is 0 Å². The minimum atomic E-state index is -3.33. The van der Waals surface area contributed by atoms with Gasteiger partial charge in [-0.2, -0.15) is 0 Å². The summed E-state index contributed by atoms with van der Waals surface area (Å²) in [6.07, 6.45) is 6.14. The minimum Gasteiger partial charge on any atom is -0.487 e. The average Bonchev–Trinajstić information content (AvgIpc) is 2.47. The first-order chi connectivity index (χ1) is 11.2. The summed E-state index contributed by atoms with van der Waals surface area (Å²) in [4.78, 5) is 0. The highest BCUT2D eigenvalue weighted by molar-refractivity contribution is 7.89. The van der Waals surface area contributed by atoms with Crippen LogP contribution in [0.25, 0.3) is 0 Å². The maximum Gasteiger partial charge on any atom is 0.212 e. The number of hydrogen-bond donors (Lipinski definition) is 2. The normalized spacial score (nSPS) is 24.2. The van der Waals surface area contributed by atoms with E-state index >= 15 is 0 Å². The summed E-state index contributed by atoms with van der Waals surface area (Å²) in [5.41, 5.74) is 6.93. The molecule has 1 fully saturated rings. The van der Waals surface area contributed by atoms with E-state index in [0.29, 0.717) is 17.9 Å². The lowest BCUT2D eigenvalue weighted by atomic mass is 9.90. The Morgan fingerprint density at radius 2 is 1.96 bits per heavy atom. The molecule has 0 saturated heterocycles. The van der Waals surface area contributed by atoms with Crippen molar-refractivity contribution in [2.24, 2.45) is 5.92 Å². The summed E-state index contributed by atoms with van der Waals surface area (Å²) in [6.45, 7) is 3.96. The number of sulfonamides is 1. The lowest BCUT2D eigenvalue weighted by molar-refractivity contribution is 0.0702. The van der Waals surface area contributed by atoms with Crippen LogP contribution in [0, 0.1) is 5.92 Å². The number of nitrogen functional groups attached to an aromatic ring is 1. The molecular weight excluding hydrogens is 324 g/mol. The summed E-state index contributed by atoms with van der Waals surface area (Å²) < 4.78 is 34.3. The number of nitrogens with two attached hydrogens (primary N) is 1. The van der Waals surface area contributed by atoms with Crippen molar-refractivity contribution in [3.8, 4) is 5.75 Å². The topological polar surface area (TPSA) is 81.4 Å². The number of rotatable bonds is 4. The van der Waals surface area contributed by atoms with Gasteiger partial charge in [-0.3, -0.25) is 0 Å². The third kappa shape index (κ3) is 4.22. The van der Waals surface area contributed by atoms with Crippen LogP contribution >= 0.6 is 0 Å². The Labute approximate surface area is 145 Å². The fourth-order valence-corrected chi connectivity index (χ4v) is 5.60. The van der Waals surface area contributed by atoms with Gasteiger partial charge in [0.1, 0.15) is 11.4 Å². The second-order valence-corrected chi connectivity index (χ2v) is 9.62. The SMILES string of the molecule is CC1(C)CC(NS(=O)(=O)CC2CCCCC2)c2cc(N)ccc2O1. The molecule has 1 unspecified atom stereocenters. The molecule has 5 nitrogen and oxygen atoms in total. The smallest absolute Gasteiger partial charge is 0.212 e. The highest BCUT2D eigenvalue weighted by Gasteiger charge is 2.36. The molecule has 2 aliphatic rings. The van der Waals surface area contributed by atoms with E-state index in [2.05, 4.69) is 4.72 Å². The van der Waals surface area contributed by atoms with Gasteiger partial charge in [0.25, 0.3) is 0 Å². The maximum absolute atomic E-state index is 12.7. The van der Waals surface area contributed by atoms with Crippen molar-refractivity contribution in [2.45, 2.75) is 64.0 Å². The second-order valence-electron chi connectivity index (χ2n) is 7.82. The minimum absolute atomic E-state index is 0.225. The molecule has 134 valence electrons. The van der Waals surface area contributed by atoms with E-state index in [1.54, 1.807) is 6.07 Å². The molecule has 1 atom stereocenters. The van der Waals surface area contributed by atoms with Crippen LogP contribution in [0.5, 0.6) is 5.75 Å². The number of anilines is 1. The molecule has 0 amide bonds. The van der Waals surface area contributed by atoms with E-state index < -0.39 is 15.6 Å². The van der Waals surface area contributed by atoms with Crippen LogP contribution in [0.15, 0.2) is 18.2 Å². The molecule has 1 aromatic rings. The molecule has 0 aromatic heterocycles. The predicted octanol–water partition coefficient (Wildman–Crippen LogP) is 3.37. The van der Waals surface area contributed by atoms with E-state index in [1.807, 2.05) is 26.0 Å². The summed E-state index contributed by atoms with van der Waals surface area (Å²) in [6, 6.07) is 5.14. The van der Waals surface area contributed by atoms with Crippen LogP contribution in [0.1, 0.15) is 64.0 Å². The van der Waals surface area contributed by atoms with Gasteiger partial charge in [-0.25, -0.2) is 13.1 Å². The standard InChI is InChI=1S/C18H28N2O3S/c1-18(2)11-16(15-10-14(19)8-9-17(15)23-18)20-24(21,22)12-13-6-4-3-5-7-13/h8-10,13,16,20H,3-7,11-12,19H2,1-2H3. The van der Waals surface area contributed by atoms with Crippen LogP contribution in [0.2, 0.25) is 0 Å². The fourth-order valence-electron chi connectivity index (χ4n) is 3.91. The molecule has 0 bridgehead atoms. The van der Waals surface area contributed by atoms with Gasteiger partial charge in [0.2, 0.25) is 10.0 Å². The van der Waals surface area contributed by atoms with Crippen molar-refractivity contribution in [1.82, 2.24) is 4.72 Å². The molecule has 3 N–H and O–H groups in total.